The number of hydrazine groups is 1. The molecule has 0 radical (unpaired) electrons. The number of hydrogen-bond donors (Lipinski definition) is 2. The summed E-state index contributed by atoms with van der Waals surface area (Å²) in [6.07, 6.45) is 1.17. The van der Waals surface area contributed by atoms with Crippen molar-refractivity contribution in [2.45, 2.75) is 20.3 Å². The molecule has 3 fully saturated rings. The molecule has 1 aromatic rings. The second-order valence-corrected chi connectivity index (χ2v) is 10.3. The first-order valence-electron chi connectivity index (χ1n) is 12.0. The van der Waals surface area contributed by atoms with Gasteiger partial charge in [-0.2, -0.15) is 0 Å². The summed E-state index contributed by atoms with van der Waals surface area (Å²) in [5, 5.41) is 2.46. The van der Waals surface area contributed by atoms with Crippen molar-refractivity contribution in [3.63, 3.8) is 0 Å². The topological polar surface area (TPSA) is 110 Å². The zero-order valence-corrected chi connectivity index (χ0v) is 20.8. The number of urea groups is 1. The van der Waals surface area contributed by atoms with Crippen LogP contribution < -0.4 is 15.8 Å². The summed E-state index contributed by atoms with van der Waals surface area (Å²) >= 11 is 1.40. The lowest BCUT2D eigenvalue weighted by Crippen LogP contribution is -2.56. The smallest absolute Gasteiger partial charge is 0.336 e. The van der Waals surface area contributed by atoms with Crippen molar-refractivity contribution in [3.05, 3.63) is 11.1 Å². The molecule has 4 rings (SSSR count). The Bertz CT molecular complexity index is 857. The van der Waals surface area contributed by atoms with Gasteiger partial charge in [-0.3, -0.25) is 19.9 Å². The number of aromatic nitrogens is 1. The number of hydrogen-bond acceptors (Lipinski definition) is 8. The standard InChI is InChI=1S/C22H35N7O4S/c1-16-11-17(2)13-29(12-16)19(30)14-26-3-5-27(6-4-26)21(32)25-24-20(31)18-15-34-22(23-18)28-7-9-33-10-8-28/h15-17H,3-14H2,1-2H3,(H,24,31)(H,25,32)/t16-,17-/m1/s1. The lowest BCUT2D eigenvalue weighted by Gasteiger charge is -2.38. The van der Waals surface area contributed by atoms with Crippen LogP contribution in [0.3, 0.4) is 0 Å². The van der Waals surface area contributed by atoms with Crippen LogP contribution in [-0.4, -0.2) is 110 Å². The molecule has 2 atom stereocenters. The first-order chi connectivity index (χ1) is 16.4. The highest BCUT2D eigenvalue weighted by atomic mass is 32.1. The Kier molecular flexibility index (Phi) is 8.22. The van der Waals surface area contributed by atoms with Crippen molar-refractivity contribution >= 4 is 34.3 Å². The van der Waals surface area contributed by atoms with E-state index < -0.39 is 5.91 Å². The number of nitrogens with zero attached hydrogens (tertiary/aromatic N) is 5. The highest BCUT2D eigenvalue weighted by molar-refractivity contribution is 7.13. The van der Waals surface area contributed by atoms with Gasteiger partial charge in [0.05, 0.1) is 19.8 Å². The third-order valence-corrected chi connectivity index (χ3v) is 7.43. The van der Waals surface area contributed by atoms with Gasteiger partial charge >= 0.3 is 6.03 Å². The predicted octanol–water partition coefficient (Wildman–Crippen LogP) is 0.456. The fraction of sp³-hybridized carbons (Fsp3) is 0.727. The van der Waals surface area contributed by atoms with E-state index >= 15 is 0 Å². The van der Waals surface area contributed by atoms with Crippen LogP contribution in [0.25, 0.3) is 0 Å². The van der Waals surface area contributed by atoms with E-state index in [4.69, 9.17) is 4.74 Å². The summed E-state index contributed by atoms with van der Waals surface area (Å²) in [5.41, 5.74) is 5.21. The van der Waals surface area contributed by atoms with E-state index in [2.05, 4.69) is 39.5 Å². The maximum Gasteiger partial charge on any atom is 0.336 e. The van der Waals surface area contributed by atoms with E-state index in [1.807, 2.05) is 4.90 Å². The highest BCUT2D eigenvalue weighted by Gasteiger charge is 2.28. The van der Waals surface area contributed by atoms with Gasteiger partial charge < -0.3 is 19.4 Å². The van der Waals surface area contributed by atoms with Crippen molar-refractivity contribution in [3.8, 4) is 0 Å². The van der Waals surface area contributed by atoms with Crippen LogP contribution in [0.5, 0.6) is 0 Å². The number of ether oxygens (including phenoxy) is 1. The predicted molar refractivity (Wildman–Crippen MR) is 129 cm³/mol. The molecule has 0 saturated carbocycles. The zero-order chi connectivity index (χ0) is 24.1. The average molecular weight is 494 g/mol. The molecule has 3 aliphatic rings. The second kappa shape index (κ2) is 11.3. The normalized spacial score (nSPS) is 24.1. The number of anilines is 1. The molecule has 188 valence electrons. The Morgan fingerprint density at radius 1 is 1.00 bits per heavy atom. The molecule has 12 heteroatoms. The lowest BCUT2D eigenvalue weighted by atomic mass is 9.92. The Morgan fingerprint density at radius 3 is 2.35 bits per heavy atom. The second-order valence-electron chi connectivity index (χ2n) is 9.51. The molecule has 0 aromatic carbocycles. The molecule has 1 aromatic heterocycles. The van der Waals surface area contributed by atoms with Gasteiger partial charge in [-0.05, 0) is 18.3 Å². The molecule has 4 heterocycles. The number of carbonyl (C=O) groups excluding carboxylic acids is 3. The fourth-order valence-corrected chi connectivity index (χ4v) is 5.65. The summed E-state index contributed by atoms with van der Waals surface area (Å²) in [4.78, 5) is 49.8. The largest absolute Gasteiger partial charge is 0.378 e. The third-order valence-electron chi connectivity index (χ3n) is 6.53. The number of rotatable bonds is 4. The Hall–Kier alpha value is -2.44. The number of morpholine rings is 1. The van der Waals surface area contributed by atoms with E-state index in [-0.39, 0.29) is 17.6 Å². The van der Waals surface area contributed by atoms with Gasteiger partial charge in [0.2, 0.25) is 5.91 Å². The number of amides is 4. The van der Waals surface area contributed by atoms with Gasteiger partial charge in [0.1, 0.15) is 5.69 Å². The Morgan fingerprint density at radius 2 is 1.68 bits per heavy atom. The van der Waals surface area contributed by atoms with E-state index in [1.165, 1.54) is 17.8 Å². The number of likely N-dealkylation sites (tertiary alicyclic amines) is 1. The molecule has 0 bridgehead atoms. The van der Waals surface area contributed by atoms with Crippen LogP contribution in [0.4, 0.5) is 9.93 Å². The molecule has 11 nitrogen and oxygen atoms in total. The maximum atomic E-state index is 12.7. The van der Waals surface area contributed by atoms with Crippen molar-refractivity contribution in [2.24, 2.45) is 11.8 Å². The van der Waals surface area contributed by atoms with Crippen LogP contribution in [0, 0.1) is 11.8 Å². The van der Waals surface area contributed by atoms with Gasteiger partial charge in [-0.1, -0.05) is 13.8 Å². The van der Waals surface area contributed by atoms with Crippen molar-refractivity contribution in [2.75, 3.05) is 77.0 Å². The summed E-state index contributed by atoms with van der Waals surface area (Å²) in [5.74, 6) is 0.805. The van der Waals surface area contributed by atoms with Crippen LogP contribution in [0.2, 0.25) is 0 Å². The summed E-state index contributed by atoms with van der Waals surface area (Å²) in [7, 11) is 0. The summed E-state index contributed by atoms with van der Waals surface area (Å²) < 4.78 is 5.34. The zero-order valence-electron chi connectivity index (χ0n) is 20.0. The van der Waals surface area contributed by atoms with Crippen LogP contribution in [-0.2, 0) is 9.53 Å². The SMILES string of the molecule is C[C@@H]1C[C@@H](C)CN(C(=O)CN2CCN(C(=O)NNC(=O)c3csc(N4CCOCC4)n3)CC2)C1. The van der Waals surface area contributed by atoms with Crippen molar-refractivity contribution in [1.82, 2.24) is 30.5 Å². The first kappa shape index (κ1) is 24.7. The molecule has 4 amide bonds. The minimum absolute atomic E-state index is 0.170. The molecular formula is C22H35N7O4S. The quantitative estimate of drug-likeness (QED) is 0.586. The van der Waals surface area contributed by atoms with Gasteiger partial charge in [0.25, 0.3) is 5.91 Å². The molecule has 3 saturated heterocycles. The van der Waals surface area contributed by atoms with Crippen LogP contribution in [0.15, 0.2) is 5.38 Å². The minimum Gasteiger partial charge on any atom is -0.378 e. The third kappa shape index (κ3) is 6.36. The minimum atomic E-state index is -0.446. The van der Waals surface area contributed by atoms with Gasteiger partial charge in [0, 0.05) is 57.7 Å². The molecule has 0 aliphatic carbocycles. The summed E-state index contributed by atoms with van der Waals surface area (Å²) in [6, 6.07) is -0.360. The number of thiazole rings is 1. The van der Waals surface area contributed by atoms with Gasteiger partial charge in [-0.25, -0.2) is 15.2 Å². The van der Waals surface area contributed by atoms with E-state index in [0.717, 1.165) is 31.3 Å². The van der Waals surface area contributed by atoms with Gasteiger partial charge in [0.15, 0.2) is 5.13 Å². The fourth-order valence-electron chi connectivity index (χ4n) is 4.79. The van der Waals surface area contributed by atoms with Crippen molar-refractivity contribution < 1.29 is 19.1 Å². The first-order valence-corrected chi connectivity index (χ1v) is 12.9. The van der Waals surface area contributed by atoms with Crippen molar-refractivity contribution in [1.29, 1.82) is 0 Å². The molecule has 3 aliphatic heterocycles. The van der Waals surface area contributed by atoms with E-state index in [0.29, 0.717) is 57.8 Å². The van der Waals surface area contributed by atoms with E-state index in [1.54, 1.807) is 10.3 Å². The molecule has 0 spiro atoms. The summed E-state index contributed by atoms with van der Waals surface area (Å²) in [6.45, 7) is 11.5. The molecular weight excluding hydrogens is 458 g/mol. The molecule has 34 heavy (non-hydrogen) atoms. The Balaban J connectivity index is 1.17. The molecule has 2 N–H and O–H groups in total. The maximum absolute atomic E-state index is 12.7. The number of piperazine rings is 1. The highest BCUT2D eigenvalue weighted by Crippen LogP contribution is 2.22. The van der Waals surface area contributed by atoms with E-state index in [9.17, 15) is 14.4 Å². The molecule has 0 unspecified atom stereocenters. The Labute approximate surface area is 204 Å². The monoisotopic (exact) mass is 493 g/mol. The number of carbonyl (C=O) groups is 3. The van der Waals surface area contributed by atoms with Gasteiger partial charge in [-0.15, -0.1) is 11.3 Å². The number of piperidine rings is 1. The van der Waals surface area contributed by atoms with Crippen LogP contribution in [0.1, 0.15) is 30.8 Å². The average Bonchev–Trinajstić information content (AvgIpc) is 3.33. The lowest BCUT2D eigenvalue weighted by molar-refractivity contribution is -0.135. The number of nitrogens with one attached hydrogen (secondary N) is 2. The van der Waals surface area contributed by atoms with Crippen LogP contribution >= 0.6 is 11.3 Å².